The van der Waals surface area contributed by atoms with Crippen molar-refractivity contribution in [3.8, 4) is 0 Å². The Morgan fingerprint density at radius 3 is 2.94 bits per heavy atom. The molecule has 17 heavy (non-hydrogen) atoms. The van der Waals surface area contributed by atoms with Gasteiger partial charge in [-0.15, -0.1) is 0 Å². The Balaban J connectivity index is 2.22. The highest BCUT2D eigenvalue weighted by atomic mass is 16.1. The Kier molecular flexibility index (Phi) is 3.38. The van der Waals surface area contributed by atoms with Crippen molar-refractivity contribution in [1.82, 2.24) is 14.9 Å². The van der Waals surface area contributed by atoms with E-state index in [1.807, 2.05) is 0 Å². The third-order valence-electron chi connectivity index (χ3n) is 3.25. The molecule has 1 saturated heterocycles. The lowest BCUT2D eigenvalue weighted by Crippen LogP contribution is -2.32. The first-order chi connectivity index (χ1) is 8.08. The second kappa shape index (κ2) is 4.79. The molecule has 0 radical (unpaired) electrons. The number of rotatable bonds is 2. The molecule has 1 atom stereocenters. The molecule has 0 unspecified atom stereocenters. The Labute approximate surface area is 101 Å². The molecule has 1 aromatic rings. The summed E-state index contributed by atoms with van der Waals surface area (Å²) < 4.78 is 0. The average molecular weight is 234 g/mol. The summed E-state index contributed by atoms with van der Waals surface area (Å²) in [6, 6.07) is 0. The van der Waals surface area contributed by atoms with Crippen LogP contribution in [0.2, 0.25) is 0 Å². The van der Waals surface area contributed by atoms with Crippen LogP contribution in [0.4, 0.5) is 0 Å². The fourth-order valence-corrected chi connectivity index (χ4v) is 2.30. The summed E-state index contributed by atoms with van der Waals surface area (Å²) in [6.07, 6.45) is 3.83. The van der Waals surface area contributed by atoms with Gasteiger partial charge in [-0.3, -0.25) is 4.79 Å². The summed E-state index contributed by atoms with van der Waals surface area (Å²) >= 11 is 0. The quantitative estimate of drug-likeness (QED) is 0.817. The molecule has 1 aliphatic heterocycles. The molecule has 0 aliphatic carbocycles. The number of likely N-dealkylation sites (tertiary alicyclic amines) is 1. The monoisotopic (exact) mass is 234 g/mol. The van der Waals surface area contributed by atoms with Crippen LogP contribution in [0.1, 0.15) is 40.6 Å². The Morgan fingerprint density at radius 2 is 2.35 bits per heavy atom. The maximum atomic E-state index is 11.1. The van der Waals surface area contributed by atoms with Crippen molar-refractivity contribution in [2.75, 3.05) is 20.1 Å². The van der Waals surface area contributed by atoms with Crippen LogP contribution in [0.25, 0.3) is 0 Å². The van der Waals surface area contributed by atoms with Crippen LogP contribution in [-0.4, -0.2) is 40.9 Å². The largest absolute Gasteiger partial charge is 0.365 e. The fraction of sp³-hybridized carbons (Fsp3) is 0.583. The second-order valence-electron chi connectivity index (χ2n) is 4.69. The molecule has 0 spiro atoms. The maximum absolute atomic E-state index is 11.1. The number of piperidine rings is 1. The zero-order chi connectivity index (χ0) is 12.4. The van der Waals surface area contributed by atoms with E-state index in [0.717, 1.165) is 25.3 Å². The minimum atomic E-state index is -0.463. The third kappa shape index (κ3) is 2.61. The van der Waals surface area contributed by atoms with E-state index in [-0.39, 0.29) is 0 Å². The van der Waals surface area contributed by atoms with Crippen LogP contribution in [0.15, 0.2) is 6.20 Å². The van der Waals surface area contributed by atoms with E-state index in [1.54, 1.807) is 13.1 Å². The van der Waals surface area contributed by atoms with E-state index in [1.165, 1.54) is 6.42 Å². The molecular weight excluding hydrogens is 216 g/mol. The topological polar surface area (TPSA) is 72.1 Å². The van der Waals surface area contributed by atoms with E-state index < -0.39 is 5.91 Å². The molecule has 1 fully saturated rings. The fourth-order valence-electron chi connectivity index (χ4n) is 2.30. The van der Waals surface area contributed by atoms with Gasteiger partial charge in [0, 0.05) is 18.7 Å². The minimum Gasteiger partial charge on any atom is -0.365 e. The predicted molar refractivity (Wildman–Crippen MR) is 64.8 cm³/mol. The van der Waals surface area contributed by atoms with Gasteiger partial charge >= 0.3 is 0 Å². The molecule has 0 bridgehead atoms. The maximum Gasteiger partial charge on any atom is 0.252 e. The summed E-state index contributed by atoms with van der Waals surface area (Å²) in [7, 11) is 2.11. The predicted octanol–water partition coefficient (Wildman–Crippen LogP) is 0.693. The summed E-state index contributed by atoms with van der Waals surface area (Å²) in [4.78, 5) is 22.1. The van der Waals surface area contributed by atoms with Gasteiger partial charge in [0.15, 0.2) is 0 Å². The summed E-state index contributed by atoms with van der Waals surface area (Å²) in [5, 5.41) is 0. The van der Waals surface area contributed by atoms with Crippen LogP contribution in [0.5, 0.6) is 0 Å². The van der Waals surface area contributed by atoms with Crippen LogP contribution >= 0.6 is 0 Å². The van der Waals surface area contributed by atoms with Crippen molar-refractivity contribution in [2.24, 2.45) is 5.73 Å². The molecule has 0 saturated carbocycles. The van der Waals surface area contributed by atoms with E-state index in [0.29, 0.717) is 17.2 Å². The van der Waals surface area contributed by atoms with Gasteiger partial charge in [-0.1, -0.05) is 0 Å². The van der Waals surface area contributed by atoms with Crippen LogP contribution < -0.4 is 5.73 Å². The number of nitrogens with two attached hydrogens (primary N) is 1. The van der Waals surface area contributed by atoms with Gasteiger partial charge in [0.05, 0.1) is 11.3 Å². The first kappa shape index (κ1) is 12.0. The highest BCUT2D eigenvalue weighted by Crippen LogP contribution is 2.23. The number of primary amides is 1. The number of carbonyl (C=O) groups is 1. The first-order valence-electron chi connectivity index (χ1n) is 5.90. The van der Waals surface area contributed by atoms with E-state index in [2.05, 4.69) is 21.9 Å². The SMILES string of the molecule is Cc1nc([C@H]2CCCN(C)C2)ncc1C(N)=O. The van der Waals surface area contributed by atoms with Crippen molar-refractivity contribution >= 4 is 5.91 Å². The van der Waals surface area contributed by atoms with E-state index in [4.69, 9.17) is 5.73 Å². The average Bonchev–Trinajstić information content (AvgIpc) is 2.28. The normalized spacial score (nSPS) is 21.4. The molecule has 5 nitrogen and oxygen atoms in total. The van der Waals surface area contributed by atoms with Gasteiger partial charge in [-0.05, 0) is 33.4 Å². The number of nitrogens with zero attached hydrogens (tertiary/aromatic N) is 3. The number of aryl methyl sites for hydroxylation is 1. The second-order valence-corrected chi connectivity index (χ2v) is 4.69. The molecule has 2 heterocycles. The Bertz CT molecular complexity index is 433. The molecule has 1 aromatic heterocycles. The Hall–Kier alpha value is -1.49. The standard InChI is InChI=1S/C12H18N4O/c1-8-10(11(13)17)6-14-12(15-8)9-4-3-5-16(2)7-9/h6,9H,3-5,7H2,1-2H3,(H2,13,17)/t9-/m0/s1. The van der Waals surface area contributed by atoms with Crippen molar-refractivity contribution in [3.05, 3.63) is 23.3 Å². The zero-order valence-corrected chi connectivity index (χ0v) is 10.3. The molecule has 2 rings (SSSR count). The molecule has 5 heteroatoms. The number of hydrogen-bond donors (Lipinski definition) is 1. The first-order valence-corrected chi connectivity index (χ1v) is 5.90. The number of amides is 1. The molecule has 1 amide bonds. The van der Waals surface area contributed by atoms with Crippen molar-refractivity contribution < 1.29 is 4.79 Å². The smallest absolute Gasteiger partial charge is 0.252 e. The molecular formula is C12H18N4O. The molecule has 2 N–H and O–H groups in total. The summed E-state index contributed by atoms with van der Waals surface area (Å²) in [5.74, 6) is 0.739. The van der Waals surface area contributed by atoms with E-state index in [9.17, 15) is 4.79 Å². The van der Waals surface area contributed by atoms with Crippen LogP contribution in [0.3, 0.4) is 0 Å². The summed E-state index contributed by atoms with van der Waals surface area (Å²) in [5.41, 5.74) is 6.33. The highest BCUT2D eigenvalue weighted by Gasteiger charge is 2.22. The minimum absolute atomic E-state index is 0.370. The van der Waals surface area contributed by atoms with Crippen LogP contribution in [0, 0.1) is 6.92 Å². The number of likely N-dealkylation sites (N-methyl/N-ethyl adjacent to an activating group) is 1. The van der Waals surface area contributed by atoms with Gasteiger partial charge in [0.25, 0.3) is 5.91 Å². The van der Waals surface area contributed by atoms with Crippen molar-refractivity contribution in [1.29, 1.82) is 0 Å². The van der Waals surface area contributed by atoms with Crippen molar-refractivity contribution in [3.63, 3.8) is 0 Å². The van der Waals surface area contributed by atoms with Gasteiger partial charge in [0.1, 0.15) is 5.82 Å². The Morgan fingerprint density at radius 1 is 1.59 bits per heavy atom. The number of aromatic nitrogens is 2. The number of carbonyl (C=O) groups excluding carboxylic acids is 1. The van der Waals surface area contributed by atoms with Crippen molar-refractivity contribution in [2.45, 2.75) is 25.7 Å². The third-order valence-corrected chi connectivity index (χ3v) is 3.25. The van der Waals surface area contributed by atoms with E-state index >= 15 is 0 Å². The lowest BCUT2D eigenvalue weighted by Gasteiger charge is -2.28. The summed E-state index contributed by atoms with van der Waals surface area (Å²) in [6.45, 7) is 3.92. The molecule has 1 aliphatic rings. The highest BCUT2D eigenvalue weighted by molar-refractivity contribution is 5.93. The number of hydrogen-bond acceptors (Lipinski definition) is 4. The van der Waals surface area contributed by atoms with Gasteiger partial charge < -0.3 is 10.6 Å². The van der Waals surface area contributed by atoms with Gasteiger partial charge in [-0.2, -0.15) is 0 Å². The lowest BCUT2D eigenvalue weighted by atomic mass is 9.97. The molecule has 92 valence electrons. The van der Waals surface area contributed by atoms with Gasteiger partial charge in [-0.25, -0.2) is 9.97 Å². The van der Waals surface area contributed by atoms with Crippen LogP contribution in [-0.2, 0) is 0 Å². The van der Waals surface area contributed by atoms with Gasteiger partial charge in [0.2, 0.25) is 0 Å². The lowest BCUT2D eigenvalue weighted by molar-refractivity contribution is 0.0999. The molecule has 0 aromatic carbocycles. The zero-order valence-electron chi connectivity index (χ0n) is 10.3.